The average Bonchev–Trinajstić information content (AvgIpc) is 2.31. The van der Waals surface area contributed by atoms with Crippen molar-refractivity contribution in [1.82, 2.24) is 10.2 Å². The first-order valence-electron chi connectivity index (χ1n) is 6.76. The SMILES string of the molecule is CCNC(CN1CCC(C)(CC)CC1)C(N)=O. The number of likely N-dealkylation sites (tertiary alicyclic amines) is 1. The van der Waals surface area contributed by atoms with Gasteiger partial charge >= 0.3 is 0 Å². The molecular weight excluding hydrogens is 214 g/mol. The summed E-state index contributed by atoms with van der Waals surface area (Å²) in [4.78, 5) is 13.6. The Hall–Kier alpha value is -0.610. The molecule has 1 fully saturated rings. The number of likely N-dealkylation sites (N-methyl/N-ethyl adjacent to an activating group) is 1. The van der Waals surface area contributed by atoms with E-state index in [9.17, 15) is 4.79 Å². The largest absolute Gasteiger partial charge is 0.368 e. The van der Waals surface area contributed by atoms with Gasteiger partial charge in [-0.1, -0.05) is 27.2 Å². The number of carbonyl (C=O) groups is 1. The molecular formula is C13H27N3O. The summed E-state index contributed by atoms with van der Waals surface area (Å²) in [6.45, 7) is 10.3. The first kappa shape index (κ1) is 14.5. The molecule has 0 spiro atoms. The molecule has 0 aromatic carbocycles. The van der Waals surface area contributed by atoms with E-state index < -0.39 is 0 Å². The smallest absolute Gasteiger partial charge is 0.235 e. The van der Waals surface area contributed by atoms with E-state index in [1.807, 2.05) is 6.92 Å². The lowest BCUT2D eigenvalue weighted by Crippen LogP contribution is -2.51. The maximum absolute atomic E-state index is 11.3. The van der Waals surface area contributed by atoms with Crippen LogP contribution in [0.4, 0.5) is 0 Å². The van der Waals surface area contributed by atoms with Gasteiger partial charge in [-0.15, -0.1) is 0 Å². The number of rotatable bonds is 6. The van der Waals surface area contributed by atoms with Gasteiger partial charge < -0.3 is 16.0 Å². The number of nitrogens with one attached hydrogen (secondary N) is 1. The highest BCUT2D eigenvalue weighted by Crippen LogP contribution is 2.33. The van der Waals surface area contributed by atoms with Crippen LogP contribution in [0.1, 0.15) is 40.0 Å². The normalized spacial score (nSPS) is 22.3. The van der Waals surface area contributed by atoms with Crippen LogP contribution in [0.25, 0.3) is 0 Å². The van der Waals surface area contributed by atoms with Crippen LogP contribution in [-0.2, 0) is 4.79 Å². The Morgan fingerprint density at radius 1 is 1.41 bits per heavy atom. The van der Waals surface area contributed by atoms with Crippen LogP contribution >= 0.6 is 0 Å². The predicted octanol–water partition coefficient (Wildman–Crippen LogP) is 0.962. The number of nitrogens with two attached hydrogens (primary N) is 1. The van der Waals surface area contributed by atoms with Crippen molar-refractivity contribution in [1.29, 1.82) is 0 Å². The Labute approximate surface area is 105 Å². The molecule has 0 radical (unpaired) electrons. The molecule has 0 bridgehead atoms. The number of primary amides is 1. The van der Waals surface area contributed by atoms with Gasteiger partial charge in [-0.2, -0.15) is 0 Å². The van der Waals surface area contributed by atoms with E-state index in [1.165, 1.54) is 19.3 Å². The quantitative estimate of drug-likeness (QED) is 0.728. The molecule has 1 rings (SSSR count). The minimum absolute atomic E-state index is 0.203. The highest BCUT2D eigenvalue weighted by molar-refractivity contribution is 5.80. The molecule has 1 amide bonds. The number of nitrogens with zero attached hydrogens (tertiary/aromatic N) is 1. The van der Waals surface area contributed by atoms with Crippen molar-refractivity contribution in [3.8, 4) is 0 Å². The third-order valence-electron chi connectivity index (χ3n) is 4.15. The van der Waals surface area contributed by atoms with Gasteiger partial charge in [0.05, 0.1) is 6.04 Å². The molecule has 1 aliphatic rings. The molecule has 1 heterocycles. The van der Waals surface area contributed by atoms with Crippen molar-refractivity contribution in [2.45, 2.75) is 46.1 Å². The molecule has 0 aliphatic carbocycles. The molecule has 100 valence electrons. The second kappa shape index (κ2) is 6.36. The van der Waals surface area contributed by atoms with E-state index in [1.54, 1.807) is 0 Å². The Morgan fingerprint density at radius 3 is 2.41 bits per heavy atom. The summed E-state index contributed by atoms with van der Waals surface area (Å²) in [5.74, 6) is -0.240. The minimum Gasteiger partial charge on any atom is -0.368 e. The third kappa shape index (κ3) is 4.28. The zero-order chi connectivity index (χ0) is 12.9. The molecule has 4 heteroatoms. The highest BCUT2D eigenvalue weighted by atomic mass is 16.1. The van der Waals surface area contributed by atoms with Gasteiger partial charge in [-0.05, 0) is 37.9 Å². The molecule has 0 aromatic heterocycles. The van der Waals surface area contributed by atoms with Crippen LogP contribution in [0, 0.1) is 5.41 Å². The fraction of sp³-hybridized carbons (Fsp3) is 0.923. The lowest BCUT2D eigenvalue weighted by atomic mass is 9.78. The summed E-state index contributed by atoms with van der Waals surface area (Å²) in [7, 11) is 0. The minimum atomic E-state index is -0.240. The molecule has 0 saturated carbocycles. The van der Waals surface area contributed by atoms with Crippen molar-refractivity contribution in [2.75, 3.05) is 26.2 Å². The number of hydrogen-bond donors (Lipinski definition) is 2. The lowest BCUT2D eigenvalue weighted by Gasteiger charge is -2.39. The van der Waals surface area contributed by atoms with Gasteiger partial charge in [0.15, 0.2) is 0 Å². The standard InChI is InChI=1S/C13H27N3O/c1-4-13(3)6-8-16(9-7-13)10-11(12(14)17)15-5-2/h11,15H,4-10H2,1-3H3,(H2,14,17). The number of piperidine rings is 1. The Morgan fingerprint density at radius 2 is 2.00 bits per heavy atom. The Balaban J connectivity index is 2.41. The highest BCUT2D eigenvalue weighted by Gasteiger charge is 2.29. The maximum atomic E-state index is 11.3. The summed E-state index contributed by atoms with van der Waals surface area (Å²) in [5.41, 5.74) is 5.89. The van der Waals surface area contributed by atoms with E-state index >= 15 is 0 Å². The molecule has 1 aliphatic heterocycles. The second-order valence-corrected chi connectivity index (χ2v) is 5.48. The number of hydrogen-bond acceptors (Lipinski definition) is 3. The first-order chi connectivity index (χ1) is 8.00. The topological polar surface area (TPSA) is 58.4 Å². The van der Waals surface area contributed by atoms with Gasteiger partial charge in [0, 0.05) is 6.54 Å². The van der Waals surface area contributed by atoms with E-state index in [2.05, 4.69) is 24.1 Å². The fourth-order valence-electron chi connectivity index (χ4n) is 2.39. The van der Waals surface area contributed by atoms with E-state index in [0.29, 0.717) is 5.41 Å². The summed E-state index contributed by atoms with van der Waals surface area (Å²) in [5, 5.41) is 3.15. The monoisotopic (exact) mass is 241 g/mol. The van der Waals surface area contributed by atoms with Crippen LogP contribution in [-0.4, -0.2) is 43.0 Å². The summed E-state index contributed by atoms with van der Waals surface area (Å²) < 4.78 is 0. The number of carbonyl (C=O) groups excluding carboxylic acids is 1. The predicted molar refractivity (Wildman–Crippen MR) is 70.7 cm³/mol. The molecule has 1 saturated heterocycles. The van der Waals surface area contributed by atoms with Gasteiger partial charge in [0.2, 0.25) is 5.91 Å². The van der Waals surface area contributed by atoms with Crippen LogP contribution in [0.2, 0.25) is 0 Å². The van der Waals surface area contributed by atoms with Gasteiger partial charge in [0.1, 0.15) is 0 Å². The molecule has 1 atom stereocenters. The summed E-state index contributed by atoms with van der Waals surface area (Å²) >= 11 is 0. The van der Waals surface area contributed by atoms with Gasteiger partial charge in [-0.3, -0.25) is 4.79 Å². The lowest BCUT2D eigenvalue weighted by molar-refractivity contribution is -0.120. The Bertz CT molecular complexity index is 247. The van der Waals surface area contributed by atoms with Crippen molar-refractivity contribution >= 4 is 5.91 Å². The first-order valence-corrected chi connectivity index (χ1v) is 6.76. The van der Waals surface area contributed by atoms with Crippen molar-refractivity contribution in [3.05, 3.63) is 0 Å². The van der Waals surface area contributed by atoms with Crippen molar-refractivity contribution in [2.24, 2.45) is 11.1 Å². The maximum Gasteiger partial charge on any atom is 0.235 e. The number of amides is 1. The summed E-state index contributed by atoms with van der Waals surface area (Å²) in [6, 6.07) is -0.203. The van der Waals surface area contributed by atoms with Crippen molar-refractivity contribution < 1.29 is 4.79 Å². The van der Waals surface area contributed by atoms with E-state index in [0.717, 1.165) is 26.2 Å². The van der Waals surface area contributed by atoms with Crippen LogP contribution in [0.5, 0.6) is 0 Å². The zero-order valence-corrected chi connectivity index (χ0v) is 11.5. The third-order valence-corrected chi connectivity index (χ3v) is 4.15. The van der Waals surface area contributed by atoms with Gasteiger partial charge in [-0.25, -0.2) is 0 Å². The summed E-state index contributed by atoms with van der Waals surface area (Å²) in [6.07, 6.45) is 3.69. The van der Waals surface area contributed by atoms with Crippen molar-refractivity contribution in [3.63, 3.8) is 0 Å². The Kier molecular flexibility index (Phi) is 5.40. The average molecular weight is 241 g/mol. The molecule has 4 nitrogen and oxygen atoms in total. The second-order valence-electron chi connectivity index (χ2n) is 5.48. The molecule has 1 unspecified atom stereocenters. The fourth-order valence-corrected chi connectivity index (χ4v) is 2.39. The van der Waals surface area contributed by atoms with Gasteiger partial charge in [0.25, 0.3) is 0 Å². The van der Waals surface area contributed by atoms with E-state index in [4.69, 9.17) is 5.73 Å². The zero-order valence-electron chi connectivity index (χ0n) is 11.5. The van der Waals surface area contributed by atoms with Crippen LogP contribution < -0.4 is 11.1 Å². The molecule has 3 N–H and O–H groups in total. The van der Waals surface area contributed by atoms with Crippen LogP contribution in [0.15, 0.2) is 0 Å². The molecule has 0 aromatic rings. The van der Waals surface area contributed by atoms with E-state index in [-0.39, 0.29) is 11.9 Å². The van der Waals surface area contributed by atoms with Crippen LogP contribution in [0.3, 0.4) is 0 Å². The molecule has 17 heavy (non-hydrogen) atoms.